The van der Waals surface area contributed by atoms with Crippen molar-refractivity contribution in [3.8, 4) is 11.5 Å². The van der Waals surface area contributed by atoms with Crippen LogP contribution in [0.1, 0.15) is 23.4 Å². The molecule has 27 heavy (non-hydrogen) atoms. The molecule has 1 atom stereocenters. The van der Waals surface area contributed by atoms with Gasteiger partial charge in [-0.2, -0.15) is 0 Å². The molecule has 0 spiro atoms. The molecule has 0 bridgehead atoms. The zero-order valence-corrected chi connectivity index (χ0v) is 15.5. The SMILES string of the molecule is O=C(Nc1nc2c(s1)CCC2)[C@H]1CC(=O)N(c2ccc3c(c2)OCCO3)C1. The molecule has 3 aliphatic rings. The van der Waals surface area contributed by atoms with E-state index in [1.54, 1.807) is 22.3 Å². The number of nitrogens with one attached hydrogen (secondary N) is 1. The Hall–Kier alpha value is -2.61. The third-order valence-electron chi connectivity index (χ3n) is 5.16. The minimum Gasteiger partial charge on any atom is -0.486 e. The van der Waals surface area contributed by atoms with E-state index in [1.807, 2.05) is 12.1 Å². The van der Waals surface area contributed by atoms with Gasteiger partial charge >= 0.3 is 0 Å². The molecule has 5 rings (SSSR count). The maximum atomic E-state index is 12.6. The topological polar surface area (TPSA) is 80.8 Å². The van der Waals surface area contributed by atoms with Gasteiger partial charge in [0.1, 0.15) is 13.2 Å². The zero-order valence-electron chi connectivity index (χ0n) is 14.7. The first-order valence-corrected chi connectivity index (χ1v) is 9.98. The van der Waals surface area contributed by atoms with Gasteiger partial charge in [0, 0.05) is 29.6 Å². The van der Waals surface area contributed by atoms with E-state index in [-0.39, 0.29) is 24.2 Å². The van der Waals surface area contributed by atoms with Crippen LogP contribution in [0.5, 0.6) is 11.5 Å². The average molecular weight is 385 g/mol. The molecule has 0 saturated carbocycles. The van der Waals surface area contributed by atoms with E-state index >= 15 is 0 Å². The molecule has 1 aliphatic carbocycles. The number of carbonyl (C=O) groups is 2. The Morgan fingerprint density at radius 1 is 1.22 bits per heavy atom. The molecule has 2 amide bonds. The Morgan fingerprint density at radius 3 is 2.93 bits per heavy atom. The van der Waals surface area contributed by atoms with Crippen molar-refractivity contribution in [3.05, 3.63) is 28.8 Å². The monoisotopic (exact) mass is 385 g/mol. The number of hydrogen-bond acceptors (Lipinski definition) is 6. The number of anilines is 2. The molecule has 1 aromatic carbocycles. The maximum absolute atomic E-state index is 12.6. The molecule has 1 fully saturated rings. The summed E-state index contributed by atoms with van der Waals surface area (Å²) in [6.45, 7) is 1.38. The van der Waals surface area contributed by atoms with Crippen LogP contribution >= 0.6 is 11.3 Å². The van der Waals surface area contributed by atoms with Crippen LogP contribution in [0.2, 0.25) is 0 Å². The Kier molecular flexibility index (Phi) is 4.00. The second kappa shape index (κ2) is 6.53. The van der Waals surface area contributed by atoms with Gasteiger partial charge in [-0.1, -0.05) is 0 Å². The number of thiazole rings is 1. The molecule has 8 heteroatoms. The van der Waals surface area contributed by atoms with Crippen molar-refractivity contribution in [1.82, 2.24) is 4.98 Å². The third-order valence-corrected chi connectivity index (χ3v) is 6.23. The van der Waals surface area contributed by atoms with Crippen molar-refractivity contribution in [2.45, 2.75) is 25.7 Å². The number of carbonyl (C=O) groups excluding carboxylic acids is 2. The molecule has 3 heterocycles. The number of hydrogen-bond donors (Lipinski definition) is 1. The van der Waals surface area contributed by atoms with Crippen LogP contribution in [-0.2, 0) is 22.4 Å². The van der Waals surface area contributed by atoms with Gasteiger partial charge in [0.15, 0.2) is 16.6 Å². The van der Waals surface area contributed by atoms with Crippen LogP contribution in [0.15, 0.2) is 18.2 Å². The van der Waals surface area contributed by atoms with E-state index in [0.717, 1.165) is 30.6 Å². The molecule has 7 nitrogen and oxygen atoms in total. The molecule has 0 unspecified atom stereocenters. The molecule has 1 aromatic heterocycles. The summed E-state index contributed by atoms with van der Waals surface area (Å²) in [5.74, 6) is 0.730. The lowest BCUT2D eigenvalue weighted by Crippen LogP contribution is -2.28. The fraction of sp³-hybridized carbons (Fsp3) is 0.421. The summed E-state index contributed by atoms with van der Waals surface area (Å²) in [5.41, 5.74) is 1.84. The largest absolute Gasteiger partial charge is 0.486 e. The highest BCUT2D eigenvalue weighted by atomic mass is 32.1. The number of aromatic nitrogens is 1. The minimum absolute atomic E-state index is 0.0616. The predicted octanol–water partition coefficient (Wildman–Crippen LogP) is 2.39. The van der Waals surface area contributed by atoms with Gasteiger partial charge in [0.2, 0.25) is 11.8 Å². The summed E-state index contributed by atoms with van der Waals surface area (Å²) in [6, 6.07) is 5.44. The summed E-state index contributed by atoms with van der Waals surface area (Å²) in [5, 5.41) is 3.55. The van der Waals surface area contributed by atoms with Gasteiger partial charge in [-0.05, 0) is 31.4 Å². The standard InChI is InChI=1S/C19H19N3O4S/c23-17-8-11(18(24)21-19-20-13-2-1-3-16(13)27-19)10-22(17)12-4-5-14-15(9-12)26-7-6-25-14/h4-5,9,11H,1-3,6-8,10H2,(H,20,21,24)/t11-/m0/s1. The van der Waals surface area contributed by atoms with Crippen molar-refractivity contribution in [3.63, 3.8) is 0 Å². The summed E-state index contributed by atoms with van der Waals surface area (Å²) in [4.78, 5) is 32.5. The number of nitrogens with zero attached hydrogens (tertiary/aromatic N) is 2. The Bertz CT molecular complexity index is 904. The normalized spacial score (nSPS) is 20.7. The highest BCUT2D eigenvalue weighted by Gasteiger charge is 2.36. The smallest absolute Gasteiger partial charge is 0.231 e. The summed E-state index contributed by atoms with van der Waals surface area (Å²) in [7, 11) is 0. The van der Waals surface area contributed by atoms with Crippen LogP contribution in [0, 0.1) is 5.92 Å². The van der Waals surface area contributed by atoms with Crippen LogP contribution in [0.3, 0.4) is 0 Å². The molecular formula is C19H19N3O4S. The van der Waals surface area contributed by atoms with E-state index in [9.17, 15) is 9.59 Å². The molecular weight excluding hydrogens is 366 g/mol. The summed E-state index contributed by atoms with van der Waals surface area (Å²) >= 11 is 1.55. The van der Waals surface area contributed by atoms with E-state index in [4.69, 9.17) is 9.47 Å². The molecule has 1 saturated heterocycles. The Labute approximate surface area is 160 Å². The molecule has 1 N–H and O–H groups in total. The number of rotatable bonds is 3. The lowest BCUT2D eigenvalue weighted by molar-refractivity contribution is -0.122. The lowest BCUT2D eigenvalue weighted by atomic mass is 10.1. The number of ether oxygens (including phenoxy) is 2. The van der Waals surface area contributed by atoms with E-state index in [0.29, 0.717) is 36.4 Å². The number of benzene rings is 1. The second-order valence-corrected chi connectivity index (χ2v) is 8.05. The maximum Gasteiger partial charge on any atom is 0.231 e. The van der Waals surface area contributed by atoms with Crippen molar-refractivity contribution >= 4 is 34.0 Å². The minimum atomic E-state index is -0.385. The zero-order chi connectivity index (χ0) is 18.4. The molecule has 140 valence electrons. The summed E-state index contributed by atoms with van der Waals surface area (Å²) < 4.78 is 11.1. The first-order valence-electron chi connectivity index (χ1n) is 9.17. The van der Waals surface area contributed by atoms with Crippen LogP contribution in [0.4, 0.5) is 10.8 Å². The highest BCUT2D eigenvalue weighted by molar-refractivity contribution is 7.15. The number of fused-ring (bicyclic) bond motifs is 2. The highest BCUT2D eigenvalue weighted by Crippen LogP contribution is 2.36. The number of amides is 2. The molecule has 0 radical (unpaired) electrons. The van der Waals surface area contributed by atoms with Gasteiger partial charge in [-0.15, -0.1) is 11.3 Å². The van der Waals surface area contributed by atoms with Gasteiger partial charge in [0.05, 0.1) is 11.6 Å². The van der Waals surface area contributed by atoms with Crippen molar-refractivity contribution in [1.29, 1.82) is 0 Å². The quantitative estimate of drug-likeness (QED) is 0.878. The number of aryl methyl sites for hydroxylation is 2. The van der Waals surface area contributed by atoms with E-state index in [2.05, 4.69) is 10.3 Å². The van der Waals surface area contributed by atoms with Crippen LogP contribution < -0.4 is 19.7 Å². The fourth-order valence-corrected chi connectivity index (χ4v) is 4.84. The lowest BCUT2D eigenvalue weighted by Gasteiger charge is -2.22. The molecule has 2 aromatic rings. The predicted molar refractivity (Wildman–Crippen MR) is 101 cm³/mol. The first-order chi connectivity index (χ1) is 13.2. The van der Waals surface area contributed by atoms with Crippen LogP contribution in [0.25, 0.3) is 0 Å². The van der Waals surface area contributed by atoms with Crippen molar-refractivity contribution in [2.24, 2.45) is 5.92 Å². The van der Waals surface area contributed by atoms with Gasteiger partial charge in [0.25, 0.3) is 0 Å². The fourth-order valence-electron chi connectivity index (χ4n) is 3.78. The van der Waals surface area contributed by atoms with Crippen LogP contribution in [-0.4, -0.2) is 36.6 Å². The average Bonchev–Trinajstić information content (AvgIpc) is 3.36. The van der Waals surface area contributed by atoms with E-state index in [1.165, 1.54) is 4.88 Å². The van der Waals surface area contributed by atoms with Gasteiger partial charge in [-0.25, -0.2) is 4.98 Å². The van der Waals surface area contributed by atoms with Gasteiger partial charge in [-0.3, -0.25) is 9.59 Å². The summed E-state index contributed by atoms with van der Waals surface area (Å²) in [6.07, 6.45) is 3.37. The van der Waals surface area contributed by atoms with Gasteiger partial charge < -0.3 is 19.7 Å². The van der Waals surface area contributed by atoms with Crippen molar-refractivity contribution in [2.75, 3.05) is 30.0 Å². The second-order valence-electron chi connectivity index (χ2n) is 6.97. The van der Waals surface area contributed by atoms with Crippen molar-refractivity contribution < 1.29 is 19.1 Å². The Morgan fingerprint density at radius 2 is 2.07 bits per heavy atom. The molecule has 2 aliphatic heterocycles. The van der Waals surface area contributed by atoms with E-state index < -0.39 is 0 Å². The first kappa shape index (κ1) is 16.6. The Balaban J connectivity index is 1.29. The third kappa shape index (κ3) is 3.03.